The molecule has 0 aliphatic heterocycles. The smallest absolute Gasteiger partial charge is 0.330 e. The van der Waals surface area contributed by atoms with Gasteiger partial charge in [-0.25, -0.2) is 4.79 Å². The van der Waals surface area contributed by atoms with E-state index in [0.717, 1.165) is 11.5 Å². The standard InChI is InChI=1S/C8H14O3S/c1-7(8(9)10)3-5-12-6-4-11-2/h3H,4-6H2,1-2H3,(H,9,10). The van der Waals surface area contributed by atoms with E-state index in [4.69, 9.17) is 9.84 Å². The van der Waals surface area contributed by atoms with E-state index in [1.54, 1.807) is 31.9 Å². The highest BCUT2D eigenvalue weighted by molar-refractivity contribution is 7.99. The molecule has 4 heteroatoms. The Hall–Kier alpha value is -0.480. The van der Waals surface area contributed by atoms with Gasteiger partial charge in [0, 0.05) is 24.2 Å². The summed E-state index contributed by atoms with van der Waals surface area (Å²) in [6, 6.07) is 0. The molecule has 12 heavy (non-hydrogen) atoms. The van der Waals surface area contributed by atoms with E-state index < -0.39 is 5.97 Å². The second-order valence-corrected chi connectivity index (χ2v) is 3.41. The second-order valence-electron chi connectivity index (χ2n) is 2.26. The Morgan fingerprint density at radius 3 is 2.83 bits per heavy atom. The molecule has 0 unspecified atom stereocenters. The summed E-state index contributed by atoms with van der Waals surface area (Å²) in [5.74, 6) is 0.795. The lowest BCUT2D eigenvalue weighted by Crippen LogP contribution is -1.97. The summed E-state index contributed by atoms with van der Waals surface area (Å²) in [7, 11) is 1.65. The third kappa shape index (κ3) is 6.24. The molecule has 1 N–H and O–H groups in total. The minimum absolute atomic E-state index is 0.403. The average Bonchev–Trinajstić information content (AvgIpc) is 2.03. The van der Waals surface area contributed by atoms with Gasteiger partial charge in [0.25, 0.3) is 0 Å². The average molecular weight is 190 g/mol. The van der Waals surface area contributed by atoms with Crippen molar-refractivity contribution in [1.82, 2.24) is 0 Å². The summed E-state index contributed by atoms with van der Waals surface area (Å²) in [6.45, 7) is 2.31. The van der Waals surface area contributed by atoms with Crippen molar-refractivity contribution in [1.29, 1.82) is 0 Å². The normalized spacial score (nSPS) is 11.7. The first-order chi connectivity index (χ1) is 5.68. The van der Waals surface area contributed by atoms with Crippen LogP contribution in [0.15, 0.2) is 11.6 Å². The molecule has 0 aromatic carbocycles. The van der Waals surface area contributed by atoms with Gasteiger partial charge in [-0.15, -0.1) is 0 Å². The SMILES string of the molecule is COCCSCC=C(C)C(=O)O. The molecule has 0 amide bonds. The van der Waals surface area contributed by atoms with Gasteiger partial charge in [0.1, 0.15) is 0 Å². The molecule has 0 heterocycles. The minimum Gasteiger partial charge on any atom is -0.478 e. The van der Waals surface area contributed by atoms with Crippen LogP contribution in [0.1, 0.15) is 6.92 Å². The van der Waals surface area contributed by atoms with Gasteiger partial charge in [-0.1, -0.05) is 6.08 Å². The molecule has 0 aromatic heterocycles. The number of thioether (sulfide) groups is 1. The van der Waals surface area contributed by atoms with E-state index in [1.165, 1.54) is 0 Å². The predicted octanol–water partition coefficient (Wildman–Crippen LogP) is 1.40. The quantitative estimate of drug-likeness (QED) is 0.508. The first-order valence-corrected chi connectivity index (χ1v) is 4.80. The number of rotatable bonds is 6. The van der Waals surface area contributed by atoms with Crippen LogP contribution in [0.25, 0.3) is 0 Å². The zero-order valence-corrected chi connectivity index (χ0v) is 8.19. The maximum Gasteiger partial charge on any atom is 0.330 e. The maximum atomic E-state index is 10.3. The molecular formula is C8H14O3S. The number of methoxy groups -OCH3 is 1. The Morgan fingerprint density at radius 1 is 1.67 bits per heavy atom. The highest BCUT2D eigenvalue weighted by Gasteiger charge is 1.97. The van der Waals surface area contributed by atoms with Crippen LogP contribution in [0.2, 0.25) is 0 Å². The molecule has 0 aliphatic rings. The number of hydrogen-bond acceptors (Lipinski definition) is 3. The lowest BCUT2D eigenvalue weighted by atomic mass is 10.3. The molecule has 3 nitrogen and oxygen atoms in total. The minimum atomic E-state index is -0.845. The zero-order valence-electron chi connectivity index (χ0n) is 7.37. The third-order valence-corrected chi connectivity index (χ3v) is 2.13. The molecule has 0 atom stereocenters. The summed E-state index contributed by atoms with van der Waals surface area (Å²) in [5.41, 5.74) is 0.403. The summed E-state index contributed by atoms with van der Waals surface area (Å²) in [4.78, 5) is 10.3. The Labute approximate surface area is 76.8 Å². The number of hydrogen-bond donors (Lipinski definition) is 1. The Kier molecular flexibility index (Phi) is 6.90. The van der Waals surface area contributed by atoms with Crippen LogP contribution in [0.3, 0.4) is 0 Å². The molecule has 0 fully saturated rings. The predicted molar refractivity (Wildman–Crippen MR) is 50.6 cm³/mol. The number of ether oxygens (including phenoxy) is 1. The van der Waals surface area contributed by atoms with Crippen molar-refractivity contribution in [2.24, 2.45) is 0 Å². The molecule has 0 aliphatic carbocycles. The van der Waals surface area contributed by atoms with Crippen LogP contribution in [0, 0.1) is 0 Å². The van der Waals surface area contributed by atoms with E-state index in [-0.39, 0.29) is 0 Å². The molecular weight excluding hydrogens is 176 g/mol. The first kappa shape index (κ1) is 11.5. The maximum absolute atomic E-state index is 10.3. The summed E-state index contributed by atoms with van der Waals surface area (Å²) in [5, 5.41) is 8.48. The van der Waals surface area contributed by atoms with Gasteiger partial charge in [-0.3, -0.25) is 0 Å². The fraction of sp³-hybridized carbons (Fsp3) is 0.625. The van der Waals surface area contributed by atoms with Gasteiger partial charge in [0.05, 0.1) is 6.61 Å². The van der Waals surface area contributed by atoms with Crippen molar-refractivity contribution in [3.63, 3.8) is 0 Å². The summed E-state index contributed by atoms with van der Waals surface area (Å²) >= 11 is 1.66. The van der Waals surface area contributed by atoms with Crippen LogP contribution in [-0.4, -0.2) is 36.3 Å². The van der Waals surface area contributed by atoms with E-state index in [1.807, 2.05) is 0 Å². The highest BCUT2D eigenvalue weighted by Crippen LogP contribution is 2.02. The summed E-state index contributed by atoms with van der Waals surface area (Å²) < 4.78 is 4.84. The lowest BCUT2D eigenvalue weighted by Gasteiger charge is -1.96. The van der Waals surface area contributed by atoms with Crippen LogP contribution in [0.5, 0.6) is 0 Å². The van der Waals surface area contributed by atoms with Gasteiger partial charge < -0.3 is 9.84 Å². The van der Waals surface area contributed by atoms with E-state index in [0.29, 0.717) is 12.2 Å². The Balaban J connectivity index is 3.40. The fourth-order valence-corrected chi connectivity index (χ4v) is 1.32. The summed E-state index contributed by atoms with van der Waals surface area (Å²) in [6.07, 6.45) is 1.71. The van der Waals surface area contributed by atoms with Crippen LogP contribution in [-0.2, 0) is 9.53 Å². The number of carboxylic acid groups (broad SMARTS) is 1. The van der Waals surface area contributed by atoms with Crippen LogP contribution in [0.4, 0.5) is 0 Å². The first-order valence-electron chi connectivity index (χ1n) is 3.65. The molecule has 0 spiro atoms. The third-order valence-electron chi connectivity index (χ3n) is 1.28. The lowest BCUT2D eigenvalue weighted by molar-refractivity contribution is -0.132. The van der Waals surface area contributed by atoms with Gasteiger partial charge in [0.15, 0.2) is 0 Å². The molecule has 0 radical (unpaired) electrons. The Morgan fingerprint density at radius 2 is 2.33 bits per heavy atom. The fourth-order valence-electron chi connectivity index (χ4n) is 0.497. The highest BCUT2D eigenvalue weighted by atomic mass is 32.2. The van der Waals surface area contributed by atoms with E-state index in [9.17, 15) is 4.79 Å². The molecule has 0 saturated heterocycles. The van der Waals surface area contributed by atoms with Crippen molar-refractivity contribution >= 4 is 17.7 Å². The number of aliphatic carboxylic acids is 1. The van der Waals surface area contributed by atoms with Crippen molar-refractivity contribution < 1.29 is 14.6 Å². The monoisotopic (exact) mass is 190 g/mol. The molecule has 0 bridgehead atoms. The van der Waals surface area contributed by atoms with Gasteiger partial charge in [-0.05, 0) is 6.92 Å². The van der Waals surface area contributed by atoms with Gasteiger partial charge >= 0.3 is 5.97 Å². The van der Waals surface area contributed by atoms with Crippen LogP contribution < -0.4 is 0 Å². The van der Waals surface area contributed by atoms with E-state index in [2.05, 4.69) is 0 Å². The number of carboxylic acids is 1. The largest absolute Gasteiger partial charge is 0.478 e. The second kappa shape index (κ2) is 7.18. The van der Waals surface area contributed by atoms with Gasteiger partial charge in [-0.2, -0.15) is 11.8 Å². The molecule has 0 rings (SSSR count). The van der Waals surface area contributed by atoms with Crippen molar-refractivity contribution in [2.45, 2.75) is 6.92 Å². The van der Waals surface area contributed by atoms with E-state index >= 15 is 0 Å². The molecule has 0 aromatic rings. The topological polar surface area (TPSA) is 46.5 Å². The van der Waals surface area contributed by atoms with Gasteiger partial charge in [0.2, 0.25) is 0 Å². The molecule has 70 valence electrons. The number of carbonyl (C=O) groups is 1. The van der Waals surface area contributed by atoms with Crippen molar-refractivity contribution in [3.8, 4) is 0 Å². The molecule has 0 saturated carbocycles. The van der Waals surface area contributed by atoms with Crippen molar-refractivity contribution in [2.75, 3.05) is 25.2 Å². The van der Waals surface area contributed by atoms with Crippen LogP contribution >= 0.6 is 11.8 Å². The van der Waals surface area contributed by atoms with Crippen molar-refractivity contribution in [3.05, 3.63) is 11.6 Å². The Bertz CT molecular complexity index is 166. The zero-order chi connectivity index (χ0) is 9.40.